The highest BCUT2D eigenvalue weighted by Crippen LogP contribution is 2.30. The van der Waals surface area contributed by atoms with Crippen LogP contribution in [0.1, 0.15) is 44.0 Å². The molecule has 1 fully saturated rings. The third-order valence-corrected chi connectivity index (χ3v) is 7.80. The third kappa shape index (κ3) is 5.27. The normalized spacial score (nSPS) is 14.6. The molecule has 174 valence electrons. The van der Waals surface area contributed by atoms with Crippen LogP contribution < -0.4 is 15.8 Å². The molecule has 0 atom stereocenters. The zero-order valence-electron chi connectivity index (χ0n) is 19.0. The minimum atomic E-state index is -0.237. The molecule has 1 aromatic carbocycles. The van der Waals surface area contributed by atoms with Gasteiger partial charge >= 0.3 is 0 Å². The van der Waals surface area contributed by atoms with E-state index in [2.05, 4.69) is 27.1 Å². The number of amides is 1. The molecule has 0 aliphatic carbocycles. The Kier molecular flexibility index (Phi) is 7.14. The minimum Gasteiger partial charge on any atom is -0.348 e. The quantitative estimate of drug-likeness (QED) is 0.306. The van der Waals surface area contributed by atoms with E-state index >= 15 is 0 Å². The molecule has 1 aliphatic rings. The zero-order valence-corrected chi connectivity index (χ0v) is 20.6. The molecule has 0 bridgehead atoms. The smallest absolute Gasteiger partial charge is 0.273 e. The molecule has 1 amide bonds. The van der Waals surface area contributed by atoms with E-state index in [0.717, 1.165) is 31.1 Å². The number of rotatable bonds is 7. The van der Waals surface area contributed by atoms with E-state index in [4.69, 9.17) is 0 Å². The fourth-order valence-electron chi connectivity index (χ4n) is 3.74. The number of thiazole rings is 1. The Morgan fingerprint density at radius 2 is 2.00 bits per heavy atom. The number of piperidine rings is 1. The standard InChI is InChI=1S/C23H27N5O3S2/c1-4-28-21(31)19-20(25-22(33-19)27-10-8-14(2)9-11-27)26-23(28)32-13-18(30)24-17-7-5-6-16(12-17)15(3)29/h5-7,12,14H,4,8-11,13H2,1-3H3,(H,24,30). The van der Waals surface area contributed by atoms with Crippen LogP contribution in [0, 0.1) is 5.92 Å². The first-order chi connectivity index (χ1) is 15.9. The molecule has 8 nitrogen and oxygen atoms in total. The van der Waals surface area contributed by atoms with Crippen LogP contribution in [0.2, 0.25) is 0 Å². The molecule has 0 spiro atoms. The second-order valence-corrected chi connectivity index (χ2v) is 10.2. The first-order valence-corrected chi connectivity index (χ1v) is 12.9. The number of hydrogen-bond acceptors (Lipinski definition) is 8. The summed E-state index contributed by atoms with van der Waals surface area (Å²) < 4.78 is 2.15. The van der Waals surface area contributed by atoms with Crippen LogP contribution in [0.5, 0.6) is 0 Å². The van der Waals surface area contributed by atoms with Crippen LogP contribution >= 0.6 is 23.1 Å². The average molecular weight is 486 g/mol. The van der Waals surface area contributed by atoms with Crippen molar-refractivity contribution in [2.45, 2.75) is 45.3 Å². The van der Waals surface area contributed by atoms with Gasteiger partial charge in [0.25, 0.3) is 5.56 Å². The highest BCUT2D eigenvalue weighted by molar-refractivity contribution is 7.99. The number of ketones is 1. The Bertz CT molecular complexity index is 1240. The van der Waals surface area contributed by atoms with Crippen LogP contribution in [-0.2, 0) is 11.3 Å². The lowest BCUT2D eigenvalue weighted by molar-refractivity contribution is -0.113. The third-order valence-electron chi connectivity index (χ3n) is 5.73. The first kappa shape index (κ1) is 23.4. The van der Waals surface area contributed by atoms with Crippen molar-refractivity contribution in [2.24, 2.45) is 5.92 Å². The van der Waals surface area contributed by atoms with Crippen LogP contribution in [0.15, 0.2) is 34.2 Å². The molecule has 3 heterocycles. The molecule has 1 aliphatic heterocycles. The van der Waals surface area contributed by atoms with Gasteiger partial charge in [0.1, 0.15) is 4.70 Å². The summed E-state index contributed by atoms with van der Waals surface area (Å²) >= 11 is 2.61. The zero-order chi connectivity index (χ0) is 23.5. The van der Waals surface area contributed by atoms with Gasteiger partial charge < -0.3 is 10.2 Å². The molecule has 0 saturated carbocycles. The van der Waals surface area contributed by atoms with Gasteiger partial charge in [-0.05, 0) is 44.7 Å². The van der Waals surface area contributed by atoms with Crippen LogP contribution in [0.4, 0.5) is 10.8 Å². The lowest BCUT2D eigenvalue weighted by Crippen LogP contribution is -2.32. The van der Waals surface area contributed by atoms with Gasteiger partial charge in [-0.15, -0.1) is 0 Å². The maximum absolute atomic E-state index is 13.1. The van der Waals surface area contributed by atoms with Gasteiger partial charge in [-0.2, -0.15) is 4.98 Å². The number of hydrogen-bond donors (Lipinski definition) is 1. The number of Topliss-reactive ketones (excluding diaryl/α,β-unsaturated/α-hetero) is 1. The van der Waals surface area contributed by atoms with Crippen molar-refractivity contribution >= 4 is 56.0 Å². The summed E-state index contributed by atoms with van der Waals surface area (Å²) in [6.07, 6.45) is 2.24. The molecular formula is C23H27N5O3S2. The molecule has 1 saturated heterocycles. The first-order valence-electron chi connectivity index (χ1n) is 11.1. The topological polar surface area (TPSA) is 97.2 Å². The predicted octanol–water partition coefficient (Wildman–Crippen LogP) is 4.04. The predicted molar refractivity (Wildman–Crippen MR) is 134 cm³/mol. The largest absolute Gasteiger partial charge is 0.348 e. The molecule has 0 radical (unpaired) electrons. The van der Waals surface area contributed by atoms with Crippen LogP contribution in [-0.4, -0.2) is 45.1 Å². The average Bonchev–Trinajstić information content (AvgIpc) is 3.23. The maximum Gasteiger partial charge on any atom is 0.273 e. The molecule has 2 aromatic heterocycles. The lowest BCUT2D eigenvalue weighted by Gasteiger charge is -2.29. The Hall–Kier alpha value is -2.72. The summed E-state index contributed by atoms with van der Waals surface area (Å²) in [4.78, 5) is 48.7. The monoisotopic (exact) mass is 485 g/mol. The Labute approximate surface area is 200 Å². The van der Waals surface area contributed by atoms with E-state index < -0.39 is 0 Å². The second-order valence-electron chi connectivity index (χ2n) is 8.24. The summed E-state index contributed by atoms with van der Waals surface area (Å²) in [7, 11) is 0. The molecule has 10 heteroatoms. The van der Waals surface area contributed by atoms with Gasteiger partial charge in [-0.3, -0.25) is 19.0 Å². The Morgan fingerprint density at radius 3 is 2.70 bits per heavy atom. The molecule has 33 heavy (non-hydrogen) atoms. The second kappa shape index (κ2) is 10.0. The molecule has 0 unspecified atom stereocenters. The van der Waals surface area contributed by atoms with Crippen molar-refractivity contribution in [3.63, 3.8) is 0 Å². The number of carbonyl (C=O) groups is 2. The van der Waals surface area contributed by atoms with Crippen molar-refractivity contribution in [3.05, 3.63) is 40.2 Å². The highest BCUT2D eigenvalue weighted by atomic mass is 32.2. The summed E-state index contributed by atoms with van der Waals surface area (Å²) in [6, 6.07) is 6.82. The number of nitrogens with one attached hydrogen (secondary N) is 1. The van der Waals surface area contributed by atoms with Gasteiger partial charge in [-0.25, -0.2) is 4.98 Å². The van der Waals surface area contributed by atoms with Gasteiger partial charge in [0.2, 0.25) is 5.91 Å². The van der Waals surface area contributed by atoms with E-state index in [-0.39, 0.29) is 23.0 Å². The summed E-state index contributed by atoms with van der Waals surface area (Å²) in [5.74, 6) is 0.499. The van der Waals surface area contributed by atoms with E-state index in [1.807, 2.05) is 6.92 Å². The van der Waals surface area contributed by atoms with Gasteiger partial charge in [0, 0.05) is 30.9 Å². The van der Waals surface area contributed by atoms with Crippen molar-refractivity contribution < 1.29 is 9.59 Å². The number of aromatic nitrogens is 3. The summed E-state index contributed by atoms with van der Waals surface area (Å²) in [6.45, 7) is 7.97. The number of carbonyl (C=O) groups excluding carboxylic acids is 2. The molecular weight excluding hydrogens is 458 g/mol. The lowest BCUT2D eigenvalue weighted by atomic mass is 10.00. The van der Waals surface area contributed by atoms with Crippen molar-refractivity contribution in [2.75, 3.05) is 29.1 Å². The van der Waals surface area contributed by atoms with E-state index in [9.17, 15) is 14.4 Å². The molecule has 4 rings (SSSR count). The van der Waals surface area contributed by atoms with Crippen LogP contribution in [0.3, 0.4) is 0 Å². The fourth-order valence-corrected chi connectivity index (χ4v) is 5.60. The van der Waals surface area contributed by atoms with Crippen molar-refractivity contribution in [1.29, 1.82) is 0 Å². The number of nitrogens with zero attached hydrogens (tertiary/aromatic N) is 4. The SMILES string of the molecule is CCn1c(SCC(=O)Nc2cccc(C(C)=O)c2)nc2nc(N3CCC(C)CC3)sc2c1=O. The van der Waals surface area contributed by atoms with Crippen molar-refractivity contribution in [3.8, 4) is 0 Å². The number of anilines is 2. The highest BCUT2D eigenvalue weighted by Gasteiger charge is 2.22. The number of benzene rings is 1. The maximum atomic E-state index is 13.1. The van der Waals surface area contributed by atoms with E-state index in [1.165, 1.54) is 30.0 Å². The Morgan fingerprint density at radius 1 is 1.24 bits per heavy atom. The summed E-state index contributed by atoms with van der Waals surface area (Å²) in [5, 5.41) is 4.12. The minimum absolute atomic E-state index is 0.0633. The molecule has 3 aromatic rings. The fraction of sp³-hybridized carbons (Fsp3) is 0.435. The summed E-state index contributed by atoms with van der Waals surface area (Å²) in [5.41, 5.74) is 1.42. The van der Waals surface area contributed by atoms with Gasteiger partial charge in [0.15, 0.2) is 21.7 Å². The van der Waals surface area contributed by atoms with E-state index in [1.54, 1.807) is 28.8 Å². The number of thioether (sulfide) groups is 1. The van der Waals surface area contributed by atoms with Gasteiger partial charge in [-0.1, -0.05) is 42.2 Å². The van der Waals surface area contributed by atoms with E-state index in [0.29, 0.717) is 39.2 Å². The number of fused-ring (bicyclic) bond motifs is 1. The molecule has 1 N–H and O–H groups in total. The van der Waals surface area contributed by atoms with Crippen molar-refractivity contribution in [1.82, 2.24) is 14.5 Å². The Balaban J connectivity index is 1.51. The van der Waals surface area contributed by atoms with Gasteiger partial charge in [0.05, 0.1) is 5.75 Å². The van der Waals surface area contributed by atoms with Crippen LogP contribution in [0.25, 0.3) is 10.3 Å².